The van der Waals surface area contributed by atoms with Crippen molar-refractivity contribution >= 4 is 33.4 Å². The van der Waals surface area contributed by atoms with Gasteiger partial charge in [-0.15, -0.1) is 0 Å². The first-order valence-corrected chi connectivity index (χ1v) is 7.50. The molecule has 0 bridgehead atoms. The highest BCUT2D eigenvalue weighted by molar-refractivity contribution is 6.13. The molecule has 0 aliphatic rings. The summed E-state index contributed by atoms with van der Waals surface area (Å²) in [5.41, 5.74) is 8.05. The topological polar surface area (TPSA) is 115 Å². The number of H-pyrrole nitrogens is 1. The van der Waals surface area contributed by atoms with Crippen molar-refractivity contribution < 1.29 is 9.72 Å². The summed E-state index contributed by atoms with van der Waals surface area (Å²) in [5, 5.41) is 12.8. The van der Waals surface area contributed by atoms with Gasteiger partial charge >= 0.3 is 0 Å². The average molecular weight is 332 g/mol. The molecule has 0 aliphatic heterocycles. The SMILES string of the molecule is NC(=O)c1cc2c([nH]c3ccccc32)c(-c2cccc([N+](=O)[O-])c2)n1. The monoisotopic (exact) mass is 332 g/mol. The van der Waals surface area contributed by atoms with Crippen LogP contribution in [0.5, 0.6) is 0 Å². The molecular formula is C18H12N4O3. The van der Waals surface area contributed by atoms with Gasteiger partial charge in [-0.05, 0) is 12.1 Å². The maximum Gasteiger partial charge on any atom is 0.270 e. The van der Waals surface area contributed by atoms with E-state index in [1.54, 1.807) is 18.2 Å². The lowest BCUT2D eigenvalue weighted by Crippen LogP contribution is -2.13. The maximum absolute atomic E-state index is 11.7. The summed E-state index contributed by atoms with van der Waals surface area (Å²) in [7, 11) is 0. The number of nitro benzene ring substituents is 1. The number of non-ortho nitro benzene ring substituents is 1. The van der Waals surface area contributed by atoms with Gasteiger partial charge in [-0.3, -0.25) is 14.9 Å². The van der Waals surface area contributed by atoms with Gasteiger partial charge in [0.1, 0.15) is 5.69 Å². The molecule has 7 heteroatoms. The van der Waals surface area contributed by atoms with E-state index >= 15 is 0 Å². The first kappa shape index (κ1) is 14.8. The quantitative estimate of drug-likeness (QED) is 0.442. The largest absolute Gasteiger partial charge is 0.364 e. The molecule has 122 valence electrons. The molecule has 7 nitrogen and oxygen atoms in total. The molecule has 2 heterocycles. The van der Waals surface area contributed by atoms with Gasteiger partial charge in [-0.25, -0.2) is 4.98 Å². The van der Waals surface area contributed by atoms with Crippen LogP contribution in [0.3, 0.4) is 0 Å². The summed E-state index contributed by atoms with van der Waals surface area (Å²) in [4.78, 5) is 29.9. The molecule has 0 saturated carbocycles. The van der Waals surface area contributed by atoms with Crippen LogP contribution in [0.25, 0.3) is 33.1 Å². The second kappa shape index (κ2) is 5.41. The fourth-order valence-corrected chi connectivity index (χ4v) is 2.95. The molecule has 4 aromatic rings. The zero-order valence-electron chi connectivity index (χ0n) is 12.9. The van der Waals surface area contributed by atoms with Gasteiger partial charge in [0.2, 0.25) is 0 Å². The molecule has 1 amide bonds. The maximum atomic E-state index is 11.7. The molecule has 0 saturated heterocycles. The molecule has 0 fully saturated rings. The molecule has 0 atom stereocenters. The summed E-state index contributed by atoms with van der Waals surface area (Å²) in [5.74, 6) is -0.654. The van der Waals surface area contributed by atoms with E-state index in [1.807, 2.05) is 24.3 Å². The number of benzene rings is 2. The van der Waals surface area contributed by atoms with Crippen molar-refractivity contribution in [2.45, 2.75) is 0 Å². The zero-order valence-corrected chi connectivity index (χ0v) is 12.9. The number of nitrogens with one attached hydrogen (secondary N) is 1. The number of nitro groups is 1. The summed E-state index contributed by atoms with van der Waals surface area (Å²) in [6.45, 7) is 0. The Morgan fingerprint density at radius 2 is 1.88 bits per heavy atom. The number of amides is 1. The van der Waals surface area contributed by atoms with Crippen molar-refractivity contribution in [3.05, 3.63) is 70.4 Å². The minimum Gasteiger partial charge on any atom is -0.364 e. The minimum absolute atomic E-state index is 0.0481. The van der Waals surface area contributed by atoms with Crippen LogP contribution >= 0.6 is 0 Å². The van der Waals surface area contributed by atoms with Gasteiger partial charge in [-0.1, -0.05) is 30.3 Å². The standard InChI is InChI=1S/C18H12N4O3/c19-18(23)15-9-13-12-6-1-2-7-14(12)20-17(13)16(21-15)10-4-3-5-11(8-10)22(24)25/h1-9,20H,(H2,19,23). The lowest BCUT2D eigenvalue weighted by Gasteiger charge is -2.05. The van der Waals surface area contributed by atoms with Crippen LogP contribution in [0.4, 0.5) is 5.69 Å². The number of rotatable bonds is 3. The van der Waals surface area contributed by atoms with E-state index < -0.39 is 10.8 Å². The first-order valence-electron chi connectivity index (χ1n) is 7.50. The predicted octanol–water partition coefficient (Wildman–Crippen LogP) is 3.39. The predicted molar refractivity (Wildman–Crippen MR) is 94.2 cm³/mol. The molecule has 25 heavy (non-hydrogen) atoms. The fourth-order valence-electron chi connectivity index (χ4n) is 2.95. The highest BCUT2D eigenvalue weighted by Gasteiger charge is 2.17. The Morgan fingerprint density at radius 3 is 2.64 bits per heavy atom. The normalized spacial score (nSPS) is 11.0. The van der Waals surface area contributed by atoms with Crippen molar-refractivity contribution in [3.63, 3.8) is 0 Å². The van der Waals surface area contributed by atoms with E-state index in [1.165, 1.54) is 12.1 Å². The molecule has 0 radical (unpaired) electrons. The molecule has 0 unspecified atom stereocenters. The van der Waals surface area contributed by atoms with Gasteiger partial charge < -0.3 is 10.7 Å². The van der Waals surface area contributed by atoms with Gasteiger partial charge in [0.05, 0.1) is 16.1 Å². The Hall–Kier alpha value is -3.74. The smallest absolute Gasteiger partial charge is 0.270 e. The third-order valence-electron chi connectivity index (χ3n) is 4.08. The van der Waals surface area contributed by atoms with Crippen LogP contribution in [0.1, 0.15) is 10.5 Å². The molecule has 2 aromatic heterocycles. The van der Waals surface area contributed by atoms with Crippen LogP contribution in [0.15, 0.2) is 54.6 Å². The van der Waals surface area contributed by atoms with E-state index in [9.17, 15) is 14.9 Å². The van der Waals surface area contributed by atoms with Crippen LogP contribution in [0, 0.1) is 10.1 Å². The number of aromatic amines is 1. The Morgan fingerprint density at radius 1 is 1.08 bits per heavy atom. The van der Waals surface area contributed by atoms with Crippen molar-refractivity contribution in [1.29, 1.82) is 0 Å². The van der Waals surface area contributed by atoms with Crippen molar-refractivity contribution in [3.8, 4) is 11.3 Å². The van der Waals surface area contributed by atoms with Crippen molar-refractivity contribution in [1.82, 2.24) is 9.97 Å². The lowest BCUT2D eigenvalue weighted by atomic mass is 10.1. The number of primary amides is 1. The Kier molecular flexibility index (Phi) is 3.21. The molecule has 4 rings (SSSR count). The fraction of sp³-hybridized carbons (Fsp3) is 0. The average Bonchev–Trinajstić information content (AvgIpc) is 2.99. The first-order chi connectivity index (χ1) is 12.0. The number of hydrogen-bond donors (Lipinski definition) is 2. The summed E-state index contributed by atoms with van der Waals surface area (Å²) >= 11 is 0. The number of nitrogens with two attached hydrogens (primary N) is 1. The number of nitrogens with zero attached hydrogens (tertiary/aromatic N) is 2. The number of hydrogen-bond acceptors (Lipinski definition) is 4. The highest BCUT2D eigenvalue weighted by atomic mass is 16.6. The number of fused-ring (bicyclic) bond motifs is 3. The lowest BCUT2D eigenvalue weighted by molar-refractivity contribution is -0.384. The second-order valence-electron chi connectivity index (χ2n) is 5.62. The third-order valence-corrected chi connectivity index (χ3v) is 4.08. The Balaban J connectivity index is 2.10. The number of carbonyl (C=O) groups excluding carboxylic acids is 1. The molecule has 0 spiro atoms. The van der Waals surface area contributed by atoms with Gasteiger partial charge in [0.25, 0.3) is 11.6 Å². The third kappa shape index (κ3) is 2.38. The summed E-state index contributed by atoms with van der Waals surface area (Å²) in [6.07, 6.45) is 0. The zero-order chi connectivity index (χ0) is 17.6. The molecule has 0 aliphatic carbocycles. The van der Waals surface area contributed by atoms with Crippen LogP contribution in [0.2, 0.25) is 0 Å². The summed E-state index contributed by atoms with van der Waals surface area (Å²) < 4.78 is 0. The van der Waals surface area contributed by atoms with Crippen LogP contribution in [-0.4, -0.2) is 20.8 Å². The minimum atomic E-state index is -0.654. The number of aromatic nitrogens is 2. The van der Waals surface area contributed by atoms with Crippen LogP contribution < -0.4 is 5.73 Å². The van der Waals surface area contributed by atoms with Crippen molar-refractivity contribution in [2.24, 2.45) is 5.73 Å². The number of para-hydroxylation sites is 1. The Labute approximate surface area is 141 Å². The van der Waals surface area contributed by atoms with Gasteiger partial charge in [0.15, 0.2) is 0 Å². The van der Waals surface area contributed by atoms with E-state index in [-0.39, 0.29) is 11.4 Å². The number of pyridine rings is 1. The highest BCUT2D eigenvalue weighted by Crippen LogP contribution is 2.33. The van der Waals surface area contributed by atoms with E-state index in [4.69, 9.17) is 5.73 Å². The van der Waals surface area contributed by atoms with Crippen LogP contribution in [-0.2, 0) is 0 Å². The van der Waals surface area contributed by atoms with Crippen molar-refractivity contribution in [2.75, 3.05) is 0 Å². The van der Waals surface area contributed by atoms with Gasteiger partial charge in [-0.2, -0.15) is 0 Å². The van der Waals surface area contributed by atoms with Gasteiger partial charge in [0, 0.05) is 34.0 Å². The Bertz CT molecular complexity index is 1160. The summed E-state index contributed by atoms with van der Waals surface area (Å²) in [6, 6.07) is 15.4. The molecule has 2 aromatic carbocycles. The van der Waals surface area contributed by atoms with E-state index in [2.05, 4.69) is 9.97 Å². The molecule has 3 N–H and O–H groups in total. The molecular weight excluding hydrogens is 320 g/mol. The number of carbonyl (C=O) groups is 1. The second-order valence-corrected chi connectivity index (χ2v) is 5.62. The van der Waals surface area contributed by atoms with E-state index in [0.29, 0.717) is 16.8 Å². The van der Waals surface area contributed by atoms with E-state index in [0.717, 1.165) is 16.3 Å².